The van der Waals surface area contributed by atoms with Crippen LogP contribution in [0.15, 0.2) is 6.33 Å². The summed E-state index contributed by atoms with van der Waals surface area (Å²) < 4.78 is 2.03. The van der Waals surface area contributed by atoms with Gasteiger partial charge >= 0.3 is 0 Å². The van der Waals surface area contributed by atoms with E-state index in [4.69, 9.17) is 0 Å². The number of nitrogens with zero attached hydrogens (tertiary/aromatic N) is 3. The Morgan fingerprint density at radius 2 is 2.26 bits per heavy atom. The van der Waals surface area contributed by atoms with Gasteiger partial charge in [-0.2, -0.15) is 5.10 Å². The summed E-state index contributed by atoms with van der Waals surface area (Å²) in [5, 5.41) is 8.04. The van der Waals surface area contributed by atoms with E-state index in [0.717, 1.165) is 37.2 Å². The first-order chi connectivity index (χ1) is 9.26. The molecule has 0 aliphatic heterocycles. The third kappa shape index (κ3) is 3.56. The van der Waals surface area contributed by atoms with Gasteiger partial charge in [0.05, 0.1) is 0 Å². The summed E-state index contributed by atoms with van der Waals surface area (Å²) in [6, 6.07) is 0.562. The summed E-state index contributed by atoms with van der Waals surface area (Å²) in [4.78, 5) is 4.44. The van der Waals surface area contributed by atoms with E-state index in [1.165, 1.54) is 25.7 Å². The zero-order valence-electron chi connectivity index (χ0n) is 12.6. The molecule has 1 N–H and O–H groups in total. The van der Waals surface area contributed by atoms with Crippen molar-refractivity contribution in [2.75, 3.05) is 6.54 Å². The zero-order valence-corrected chi connectivity index (χ0v) is 12.6. The van der Waals surface area contributed by atoms with Crippen LogP contribution >= 0.6 is 0 Å². The average Bonchev–Trinajstić information content (AvgIpc) is 3.03. The van der Waals surface area contributed by atoms with Gasteiger partial charge in [-0.25, -0.2) is 4.98 Å². The molecule has 1 aromatic rings. The van der Waals surface area contributed by atoms with Gasteiger partial charge in [-0.3, -0.25) is 4.68 Å². The average molecular weight is 264 g/mol. The maximum absolute atomic E-state index is 4.44. The smallest absolute Gasteiger partial charge is 0.138 e. The molecule has 2 rings (SSSR count). The molecule has 0 amide bonds. The first-order valence-electron chi connectivity index (χ1n) is 7.86. The molecule has 0 radical (unpaired) electrons. The predicted molar refractivity (Wildman–Crippen MR) is 78.0 cm³/mol. The van der Waals surface area contributed by atoms with E-state index >= 15 is 0 Å². The second-order valence-electron chi connectivity index (χ2n) is 5.83. The van der Waals surface area contributed by atoms with Crippen molar-refractivity contribution in [2.45, 2.75) is 65.5 Å². The second-order valence-corrected chi connectivity index (χ2v) is 5.83. The Labute approximate surface area is 117 Å². The number of rotatable bonds is 7. The maximum atomic E-state index is 4.44. The van der Waals surface area contributed by atoms with Crippen LogP contribution in [0.3, 0.4) is 0 Å². The van der Waals surface area contributed by atoms with Crippen LogP contribution in [0.25, 0.3) is 0 Å². The van der Waals surface area contributed by atoms with Crippen LogP contribution in [0.4, 0.5) is 0 Å². The molecule has 19 heavy (non-hydrogen) atoms. The molecule has 1 aromatic heterocycles. The number of hydrogen-bond acceptors (Lipinski definition) is 3. The monoisotopic (exact) mass is 264 g/mol. The Kier molecular flexibility index (Phi) is 5.37. The summed E-state index contributed by atoms with van der Waals surface area (Å²) in [6.45, 7) is 8.79. The molecule has 1 fully saturated rings. The third-order valence-corrected chi connectivity index (χ3v) is 4.50. The van der Waals surface area contributed by atoms with E-state index in [-0.39, 0.29) is 0 Å². The van der Waals surface area contributed by atoms with Gasteiger partial charge in [-0.15, -0.1) is 0 Å². The SMILES string of the molecule is CCCNC(Cc1ncnn1CC)C1CCCC1C. The van der Waals surface area contributed by atoms with Crippen molar-refractivity contribution in [3.63, 3.8) is 0 Å². The highest BCUT2D eigenvalue weighted by atomic mass is 15.3. The molecule has 0 aromatic carbocycles. The Morgan fingerprint density at radius 1 is 1.42 bits per heavy atom. The molecule has 3 unspecified atom stereocenters. The Hall–Kier alpha value is -0.900. The van der Waals surface area contributed by atoms with Crippen LogP contribution in [0, 0.1) is 11.8 Å². The number of aromatic nitrogens is 3. The summed E-state index contributed by atoms with van der Waals surface area (Å²) in [6.07, 6.45) is 8.03. The Balaban J connectivity index is 2.04. The standard InChI is InChI=1S/C15H28N4/c1-4-9-16-14(13-8-6-7-12(13)3)10-15-17-11-18-19(15)5-2/h11-14,16H,4-10H2,1-3H3. The molecule has 1 aliphatic rings. The van der Waals surface area contributed by atoms with Crippen LogP contribution in [0.1, 0.15) is 52.3 Å². The van der Waals surface area contributed by atoms with Gasteiger partial charge in [0.1, 0.15) is 12.2 Å². The lowest BCUT2D eigenvalue weighted by Crippen LogP contribution is -2.40. The fourth-order valence-corrected chi connectivity index (χ4v) is 3.38. The van der Waals surface area contributed by atoms with Crippen molar-refractivity contribution in [1.29, 1.82) is 0 Å². The van der Waals surface area contributed by atoms with E-state index in [2.05, 4.69) is 36.2 Å². The van der Waals surface area contributed by atoms with Gasteiger partial charge in [0, 0.05) is 19.0 Å². The largest absolute Gasteiger partial charge is 0.313 e. The number of aryl methyl sites for hydroxylation is 1. The molecule has 3 atom stereocenters. The minimum Gasteiger partial charge on any atom is -0.313 e. The minimum absolute atomic E-state index is 0.562. The fraction of sp³-hybridized carbons (Fsp3) is 0.867. The van der Waals surface area contributed by atoms with Gasteiger partial charge < -0.3 is 5.32 Å². The number of hydrogen-bond donors (Lipinski definition) is 1. The summed E-state index contributed by atoms with van der Waals surface area (Å²) in [5.74, 6) is 2.77. The first kappa shape index (κ1) is 14.5. The van der Waals surface area contributed by atoms with Crippen molar-refractivity contribution in [3.05, 3.63) is 12.2 Å². The van der Waals surface area contributed by atoms with Crippen LogP contribution in [-0.2, 0) is 13.0 Å². The van der Waals surface area contributed by atoms with Crippen molar-refractivity contribution < 1.29 is 0 Å². The maximum Gasteiger partial charge on any atom is 0.138 e. The molecule has 0 bridgehead atoms. The van der Waals surface area contributed by atoms with Crippen molar-refractivity contribution >= 4 is 0 Å². The van der Waals surface area contributed by atoms with Gasteiger partial charge in [0.15, 0.2) is 0 Å². The van der Waals surface area contributed by atoms with Gasteiger partial charge in [-0.1, -0.05) is 26.7 Å². The second kappa shape index (κ2) is 7.04. The summed E-state index contributed by atoms with van der Waals surface area (Å²) in [5.41, 5.74) is 0. The minimum atomic E-state index is 0.562. The highest BCUT2D eigenvalue weighted by molar-refractivity contribution is 4.95. The summed E-state index contributed by atoms with van der Waals surface area (Å²) in [7, 11) is 0. The first-order valence-corrected chi connectivity index (χ1v) is 7.86. The fourth-order valence-electron chi connectivity index (χ4n) is 3.38. The lowest BCUT2D eigenvalue weighted by molar-refractivity contribution is 0.289. The highest BCUT2D eigenvalue weighted by Gasteiger charge is 2.31. The van der Waals surface area contributed by atoms with E-state index in [1.807, 2.05) is 4.68 Å². The van der Waals surface area contributed by atoms with Gasteiger partial charge in [0.25, 0.3) is 0 Å². The molecule has 1 heterocycles. The lowest BCUT2D eigenvalue weighted by Gasteiger charge is -2.28. The van der Waals surface area contributed by atoms with E-state index < -0.39 is 0 Å². The molecular weight excluding hydrogens is 236 g/mol. The molecule has 0 spiro atoms. The highest BCUT2D eigenvalue weighted by Crippen LogP contribution is 2.34. The van der Waals surface area contributed by atoms with Crippen molar-refractivity contribution in [2.24, 2.45) is 11.8 Å². The number of nitrogens with one attached hydrogen (secondary N) is 1. The van der Waals surface area contributed by atoms with Crippen LogP contribution in [0.5, 0.6) is 0 Å². The molecular formula is C15H28N4. The Bertz CT molecular complexity index is 374. The normalized spacial score (nSPS) is 24.8. The van der Waals surface area contributed by atoms with Crippen molar-refractivity contribution in [3.8, 4) is 0 Å². The third-order valence-electron chi connectivity index (χ3n) is 4.50. The molecule has 4 nitrogen and oxygen atoms in total. The lowest BCUT2D eigenvalue weighted by atomic mass is 9.88. The van der Waals surface area contributed by atoms with Crippen molar-refractivity contribution in [1.82, 2.24) is 20.1 Å². The molecule has 108 valence electrons. The Morgan fingerprint density at radius 3 is 2.89 bits per heavy atom. The predicted octanol–water partition coefficient (Wildman–Crippen LogP) is 2.64. The van der Waals surface area contributed by atoms with Gasteiger partial charge in [0.2, 0.25) is 0 Å². The molecule has 4 heteroatoms. The molecule has 1 aliphatic carbocycles. The topological polar surface area (TPSA) is 42.7 Å². The van der Waals surface area contributed by atoms with Crippen LogP contribution < -0.4 is 5.32 Å². The quantitative estimate of drug-likeness (QED) is 0.823. The van der Waals surface area contributed by atoms with Gasteiger partial charge in [-0.05, 0) is 38.1 Å². The molecule has 1 saturated carbocycles. The molecule has 0 saturated heterocycles. The van der Waals surface area contributed by atoms with E-state index in [1.54, 1.807) is 6.33 Å². The van der Waals surface area contributed by atoms with Crippen LogP contribution in [-0.4, -0.2) is 27.4 Å². The van der Waals surface area contributed by atoms with E-state index in [9.17, 15) is 0 Å². The summed E-state index contributed by atoms with van der Waals surface area (Å²) >= 11 is 0. The zero-order chi connectivity index (χ0) is 13.7. The van der Waals surface area contributed by atoms with E-state index in [0.29, 0.717) is 6.04 Å². The van der Waals surface area contributed by atoms with Crippen LogP contribution in [0.2, 0.25) is 0 Å².